The third kappa shape index (κ3) is 6.29. The first-order valence-electron chi connectivity index (χ1n) is 11.0. The van der Waals surface area contributed by atoms with Crippen LogP contribution in [0.3, 0.4) is 0 Å². The minimum Gasteiger partial charge on any atom is -0.350 e. The zero-order valence-electron chi connectivity index (χ0n) is 18.9. The molecule has 0 aliphatic carbocycles. The Bertz CT molecular complexity index is 1100. The zero-order valence-corrected chi connectivity index (χ0v) is 19.8. The van der Waals surface area contributed by atoms with Crippen molar-refractivity contribution in [3.63, 3.8) is 0 Å². The molecule has 9 nitrogen and oxygen atoms in total. The van der Waals surface area contributed by atoms with Gasteiger partial charge in [0.2, 0.25) is 15.9 Å². The molecule has 0 saturated carbocycles. The van der Waals surface area contributed by atoms with Crippen LogP contribution in [0.5, 0.6) is 0 Å². The summed E-state index contributed by atoms with van der Waals surface area (Å²) in [5.41, 5.74) is 1.95. The highest BCUT2D eigenvalue weighted by molar-refractivity contribution is 7.92. The number of rotatable bonds is 10. The van der Waals surface area contributed by atoms with Crippen LogP contribution >= 0.6 is 0 Å². The van der Waals surface area contributed by atoms with Crippen LogP contribution < -0.4 is 9.62 Å². The molecule has 1 N–H and O–H groups in total. The number of hydrogen-bond donors (Lipinski definition) is 1. The molecule has 1 saturated heterocycles. The van der Waals surface area contributed by atoms with E-state index < -0.39 is 26.9 Å². The van der Waals surface area contributed by atoms with Gasteiger partial charge in [0.05, 0.1) is 16.9 Å². The number of nitrogens with zero attached hydrogens (tertiary/aromatic N) is 3. The van der Waals surface area contributed by atoms with Crippen molar-refractivity contribution < 1.29 is 18.1 Å². The lowest BCUT2D eigenvalue weighted by Gasteiger charge is -2.30. The number of nitrogens with one attached hydrogen (secondary N) is 1. The maximum atomic E-state index is 13.1. The summed E-state index contributed by atoms with van der Waals surface area (Å²) in [4.78, 5) is 26.1. The van der Waals surface area contributed by atoms with Crippen molar-refractivity contribution in [1.29, 1.82) is 0 Å². The van der Waals surface area contributed by atoms with Crippen molar-refractivity contribution in [3.8, 4) is 0 Å². The first-order chi connectivity index (χ1) is 15.7. The van der Waals surface area contributed by atoms with E-state index in [0.29, 0.717) is 0 Å². The lowest BCUT2D eigenvalue weighted by Crippen LogP contribution is -2.49. The first-order valence-corrected chi connectivity index (χ1v) is 12.9. The molecule has 10 heteroatoms. The van der Waals surface area contributed by atoms with Crippen LogP contribution in [0.4, 0.5) is 11.4 Å². The van der Waals surface area contributed by atoms with Crippen LogP contribution in [0, 0.1) is 10.1 Å². The van der Waals surface area contributed by atoms with Crippen molar-refractivity contribution in [2.24, 2.45) is 0 Å². The van der Waals surface area contributed by atoms with Crippen LogP contribution in [-0.2, 0) is 27.9 Å². The molecule has 0 spiro atoms. The van der Waals surface area contributed by atoms with Crippen LogP contribution in [-0.4, -0.2) is 49.5 Å². The van der Waals surface area contributed by atoms with E-state index >= 15 is 0 Å². The van der Waals surface area contributed by atoms with Crippen molar-refractivity contribution in [2.45, 2.75) is 45.3 Å². The fraction of sp³-hybridized carbons (Fsp3) is 0.435. The van der Waals surface area contributed by atoms with E-state index in [2.05, 4.69) is 10.2 Å². The zero-order chi connectivity index (χ0) is 24.0. The topological polar surface area (TPSA) is 113 Å². The van der Waals surface area contributed by atoms with Gasteiger partial charge in [-0.25, -0.2) is 8.42 Å². The Hall–Kier alpha value is -2.98. The molecule has 1 atom stereocenters. The number of non-ortho nitro benzene ring substituents is 1. The van der Waals surface area contributed by atoms with Gasteiger partial charge in [-0.2, -0.15) is 0 Å². The number of likely N-dealkylation sites (tertiary alicyclic amines) is 1. The Morgan fingerprint density at radius 2 is 1.82 bits per heavy atom. The highest BCUT2D eigenvalue weighted by Crippen LogP contribution is 2.26. The van der Waals surface area contributed by atoms with E-state index in [0.717, 1.165) is 41.3 Å². The van der Waals surface area contributed by atoms with E-state index in [1.54, 1.807) is 6.92 Å². The SMILES string of the molecule is CCC(C(=O)NCc1ccccc1CN1CCCC1)N(c1cccc([N+](=O)[O-])c1)S(C)(=O)=O. The number of amides is 1. The summed E-state index contributed by atoms with van der Waals surface area (Å²) < 4.78 is 26.2. The smallest absolute Gasteiger partial charge is 0.271 e. The summed E-state index contributed by atoms with van der Waals surface area (Å²) in [6.45, 7) is 4.91. The van der Waals surface area contributed by atoms with Gasteiger partial charge in [-0.05, 0) is 49.5 Å². The lowest BCUT2D eigenvalue weighted by molar-refractivity contribution is -0.384. The highest BCUT2D eigenvalue weighted by Gasteiger charge is 2.32. The van der Waals surface area contributed by atoms with Gasteiger partial charge in [0.15, 0.2) is 0 Å². The molecular weight excluding hydrogens is 444 g/mol. The molecule has 1 amide bonds. The van der Waals surface area contributed by atoms with Gasteiger partial charge < -0.3 is 5.32 Å². The third-order valence-electron chi connectivity index (χ3n) is 5.79. The van der Waals surface area contributed by atoms with E-state index in [-0.39, 0.29) is 24.3 Å². The van der Waals surface area contributed by atoms with Crippen LogP contribution in [0.2, 0.25) is 0 Å². The molecule has 1 aliphatic rings. The fourth-order valence-corrected chi connectivity index (χ4v) is 5.37. The van der Waals surface area contributed by atoms with Crippen LogP contribution in [0.15, 0.2) is 48.5 Å². The molecule has 178 valence electrons. The van der Waals surface area contributed by atoms with Crippen LogP contribution in [0.25, 0.3) is 0 Å². The minimum absolute atomic E-state index is 0.0862. The Morgan fingerprint density at radius 1 is 1.15 bits per heavy atom. The van der Waals surface area contributed by atoms with E-state index in [9.17, 15) is 23.3 Å². The molecule has 0 radical (unpaired) electrons. The van der Waals surface area contributed by atoms with Gasteiger partial charge >= 0.3 is 0 Å². The van der Waals surface area contributed by atoms with E-state index in [4.69, 9.17) is 0 Å². The molecule has 33 heavy (non-hydrogen) atoms. The quantitative estimate of drug-likeness (QED) is 0.418. The number of nitro benzene ring substituents is 1. The van der Waals surface area contributed by atoms with Crippen molar-refractivity contribution >= 4 is 27.3 Å². The first kappa shape index (κ1) is 24.7. The van der Waals surface area contributed by atoms with Gasteiger partial charge in [-0.3, -0.25) is 24.1 Å². The lowest BCUT2D eigenvalue weighted by atomic mass is 10.1. The summed E-state index contributed by atoms with van der Waals surface area (Å²) >= 11 is 0. The summed E-state index contributed by atoms with van der Waals surface area (Å²) in [6, 6.07) is 12.2. The molecule has 1 unspecified atom stereocenters. The van der Waals surface area contributed by atoms with Gasteiger partial charge in [0.25, 0.3) is 5.69 Å². The van der Waals surface area contributed by atoms with Gasteiger partial charge in [0, 0.05) is 25.2 Å². The molecule has 3 rings (SSSR count). The number of anilines is 1. The molecule has 1 fully saturated rings. The van der Waals surface area contributed by atoms with Gasteiger partial charge in [-0.15, -0.1) is 0 Å². The molecule has 0 bridgehead atoms. The minimum atomic E-state index is -3.88. The average molecular weight is 475 g/mol. The summed E-state index contributed by atoms with van der Waals surface area (Å²) in [5.74, 6) is -0.453. The third-order valence-corrected chi connectivity index (χ3v) is 6.97. The molecule has 1 aliphatic heterocycles. The Morgan fingerprint density at radius 3 is 2.42 bits per heavy atom. The molecule has 1 heterocycles. The summed E-state index contributed by atoms with van der Waals surface area (Å²) in [6.07, 6.45) is 3.58. The number of carbonyl (C=O) groups is 1. The van der Waals surface area contributed by atoms with Crippen molar-refractivity contribution in [1.82, 2.24) is 10.2 Å². The number of hydrogen-bond acceptors (Lipinski definition) is 6. The van der Waals surface area contributed by atoms with Crippen LogP contribution in [0.1, 0.15) is 37.3 Å². The molecular formula is C23H30N4O5S. The Kier molecular flexibility index (Phi) is 8.04. The summed E-state index contributed by atoms with van der Waals surface area (Å²) in [5, 5.41) is 14.0. The molecule has 2 aromatic carbocycles. The number of carbonyl (C=O) groups excluding carboxylic acids is 1. The number of benzene rings is 2. The predicted octanol–water partition coefficient (Wildman–Crippen LogP) is 3.05. The number of nitro groups is 1. The van der Waals surface area contributed by atoms with E-state index in [1.165, 1.54) is 37.1 Å². The standard InChI is InChI=1S/C23H30N4O5S/c1-3-22(26(33(2,31)32)20-11-8-12-21(15-20)27(29)30)23(28)24-16-18-9-4-5-10-19(18)17-25-13-6-7-14-25/h4-5,8-12,15,22H,3,6-7,13-14,16-17H2,1-2H3,(H,24,28). The number of sulfonamides is 1. The normalized spacial score (nSPS) is 15.2. The predicted molar refractivity (Wildman–Crippen MR) is 127 cm³/mol. The highest BCUT2D eigenvalue weighted by atomic mass is 32.2. The second kappa shape index (κ2) is 10.8. The average Bonchev–Trinajstić information content (AvgIpc) is 3.29. The van der Waals surface area contributed by atoms with Crippen molar-refractivity contribution in [3.05, 3.63) is 69.8 Å². The molecule has 0 aromatic heterocycles. The van der Waals surface area contributed by atoms with Gasteiger partial charge in [-0.1, -0.05) is 37.3 Å². The fourth-order valence-electron chi connectivity index (χ4n) is 4.17. The Labute approximate surface area is 194 Å². The summed E-state index contributed by atoms with van der Waals surface area (Å²) in [7, 11) is -3.88. The maximum absolute atomic E-state index is 13.1. The second-order valence-electron chi connectivity index (χ2n) is 8.23. The monoisotopic (exact) mass is 474 g/mol. The molecule has 2 aromatic rings. The largest absolute Gasteiger partial charge is 0.350 e. The Balaban J connectivity index is 1.80. The van der Waals surface area contributed by atoms with Gasteiger partial charge in [0.1, 0.15) is 6.04 Å². The van der Waals surface area contributed by atoms with E-state index in [1.807, 2.05) is 24.3 Å². The van der Waals surface area contributed by atoms with Crippen molar-refractivity contribution in [2.75, 3.05) is 23.7 Å². The second-order valence-corrected chi connectivity index (χ2v) is 10.1. The maximum Gasteiger partial charge on any atom is 0.271 e.